The molecular formula is C13H14ClN3. The molecule has 1 aromatic carbocycles. The molecule has 1 atom stereocenters. The summed E-state index contributed by atoms with van der Waals surface area (Å²) in [7, 11) is 0. The molecule has 0 aliphatic carbocycles. The molecule has 2 rings (SSSR count). The Labute approximate surface area is 106 Å². The number of anilines is 1. The Morgan fingerprint density at radius 3 is 2.76 bits per heavy atom. The number of rotatable bonds is 3. The number of benzene rings is 1. The molecule has 0 amide bonds. The van der Waals surface area contributed by atoms with E-state index in [1.54, 1.807) is 18.6 Å². The highest BCUT2D eigenvalue weighted by Gasteiger charge is 2.07. The standard InChI is InChI=1S/C13H14ClN3/c1-9-3-4-11(7-12(9)14)17-10(2)13-8-15-5-6-16-13/h3-8,10,17H,1-2H3. The lowest BCUT2D eigenvalue weighted by atomic mass is 10.2. The highest BCUT2D eigenvalue weighted by molar-refractivity contribution is 6.31. The van der Waals surface area contributed by atoms with Crippen LogP contribution in [0.15, 0.2) is 36.8 Å². The first-order chi connectivity index (χ1) is 8.16. The zero-order chi connectivity index (χ0) is 12.3. The molecule has 0 spiro atoms. The van der Waals surface area contributed by atoms with Gasteiger partial charge >= 0.3 is 0 Å². The smallest absolute Gasteiger partial charge is 0.0806 e. The van der Waals surface area contributed by atoms with Crippen molar-refractivity contribution in [1.82, 2.24) is 9.97 Å². The summed E-state index contributed by atoms with van der Waals surface area (Å²) in [5.41, 5.74) is 2.97. The van der Waals surface area contributed by atoms with Crippen molar-refractivity contribution in [1.29, 1.82) is 0 Å². The predicted octanol–water partition coefficient (Wildman–Crippen LogP) is 3.61. The van der Waals surface area contributed by atoms with Gasteiger partial charge in [-0.15, -0.1) is 0 Å². The second-order valence-electron chi connectivity index (χ2n) is 3.96. The third kappa shape index (κ3) is 2.94. The Bertz CT molecular complexity index is 499. The van der Waals surface area contributed by atoms with Gasteiger partial charge in [0.15, 0.2) is 0 Å². The number of nitrogens with one attached hydrogen (secondary N) is 1. The van der Waals surface area contributed by atoms with Crippen molar-refractivity contribution in [2.75, 3.05) is 5.32 Å². The van der Waals surface area contributed by atoms with Crippen LogP contribution in [0.2, 0.25) is 5.02 Å². The van der Waals surface area contributed by atoms with Crippen LogP contribution in [0.25, 0.3) is 0 Å². The average molecular weight is 248 g/mol. The molecule has 0 saturated heterocycles. The van der Waals surface area contributed by atoms with E-state index in [2.05, 4.69) is 15.3 Å². The lowest BCUT2D eigenvalue weighted by Crippen LogP contribution is -2.08. The first-order valence-electron chi connectivity index (χ1n) is 5.45. The van der Waals surface area contributed by atoms with Crippen LogP contribution in [0, 0.1) is 6.92 Å². The van der Waals surface area contributed by atoms with Gasteiger partial charge in [-0.1, -0.05) is 17.7 Å². The van der Waals surface area contributed by atoms with Crippen molar-refractivity contribution in [3.63, 3.8) is 0 Å². The fourth-order valence-electron chi connectivity index (χ4n) is 1.54. The van der Waals surface area contributed by atoms with Gasteiger partial charge < -0.3 is 5.32 Å². The van der Waals surface area contributed by atoms with Crippen molar-refractivity contribution < 1.29 is 0 Å². The zero-order valence-electron chi connectivity index (χ0n) is 9.81. The summed E-state index contributed by atoms with van der Waals surface area (Å²) in [6.07, 6.45) is 5.11. The quantitative estimate of drug-likeness (QED) is 0.900. The van der Waals surface area contributed by atoms with E-state index in [0.717, 1.165) is 22.0 Å². The molecule has 0 fully saturated rings. The number of halogens is 1. The molecule has 1 heterocycles. The highest BCUT2D eigenvalue weighted by Crippen LogP contribution is 2.23. The molecule has 0 bridgehead atoms. The van der Waals surface area contributed by atoms with Crippen LogP contribution in [0.4, 0.5) is 5.69 Å². The molecule has 1 N–H and O–H groups in total. The fraction of sp³-hybridized carbons (Fsp3) is 0.231. The minimum Gasteiger partial charge on any atom is -0.377 e. The first-order valence-corrected chi connectivity index (χ1v) is 5.83. The minimum atomic E-state index is 0.0995. The van der Waals surface area contributed by atoms with Gasteiger partial charge in [-0.25, -0.2) is 0 Å². The van der Waals surface area contributed by atoms with E-state index in [9.17, 15) is 0 Å². The first kappa shape index (κ1) is 11.9. The van der Waals surface area contributed by atoms with Gasteiger partial charge in [0.1, 0.15) is 0 Å². The van der Waals surface area contributed by atoms with Crippen LogP contribution >= 0.6 is 11.6 Å². The van der Waals surface area contributed by atoms with Gasteiger partial charge in [-0.2, -0.15) is 0 Å². The Morgan fingerprint density at radius 2 is 2.12 bits per heavy atom. The summed E-state index contributed by atoms with van der Waals surface area (Å²) in [5, 5.41) is 4.10. The van der Waals surface area contributed by atoms with E-state index in [1.807, 2.05) is 32.0 Å². The minimum absolute atomic E-state index is 0.0995. The van der Waals surface area contributed by atoms with E-state index >= 15 is 0 Å². The summed E-state index contributed by atoms with van der Waals surface area (Å²) in [6.45, 7) is 4.02. The molecule has 1 unspecified atom stereocenters. The van der Waals surface area contributed by atoms with Gasteiger partial charge in [0, 0.05) is 23.1 Å². The Morgan fingerprint density at radius 1 is 1.29 bits per heavy atom. The Balaban J connectivity index is 2.13. The highest BCUT2D eigenvalue weighted by atomic mass is 35.5. The molecule has 2 aromatic rings. The van der Waals surface area contributed by atoms with Crippen molar-refractivity contribution in [2.24, 2.45) is 0 Å². The molecule has 17 heavy (non-hydrogen) atoms. The predicted molar refractivity (Wildman–Crippen MR) is 70.3 cm³/mol. The molecule has 0 saturated carbocycles. The Kier molecular flexibility index (Phi) is 3.59. The normalized spacial score (nSPS) is 12.2. The van der Waals surface area contributed by atoms with E-state index in [0.29, 0.717) is 0 Å². The number of aromatic nitrogens is 2. The summed E-state index contributed by atoms with van der Waals surface area (Å²) in [4.78, 5) is 8.31. The molecule has 88 valence electrons. The van der Waals surface area contributed by atoms with Crippen LogP contribution in [0.3, 0.4) is 0 Å². The van der Waals surface area contributed by atoms with Crippen molar-refractivity contribution >= 4 is 17.3 Å². The van der Waals surface area contributed by atoms with Crippen LogP contribution in [0.5, 0.6) is 0 Å². The van der Waals surface area contributed by atoms with Gasteiger partial charge in [0.05, 0.1) is 17.9 Å². The summed E-state index contributed by atoms with van der Waals surface area (Å²) in [5.74, 6) is 0. The summed E-state index contributed by atoms with van der Waals surface area (Å²) in [6, 6.07) is 6.02. The summed E-state index contributed by atoms with van der Waals surface area (Å²) >= 11 is 6.08. The average Bonchev–Trinajstić information content (AvgIpc) is 2.35. The number of hydrogen-bond acceptors (Lipinski definition) is 3. The maximum absolute atomic E-state index is 6.08. The second-order valence-corrected chi connectivity index (χ2v) is 4.37. The van der Waals surface area contributed by atoms with Crippen LogP contribution in [-0.2, 0) is 0 Å². The molecular weight excluding hydrogens is 234 g/mol. The van der Waals surface area contributed by atoms with Gasteiger partial charge in [-0.05, 0) is 31.5 Å². The maximum atomic E-state index is 6.08. The fourth-order valence-corrected chi connectivity index (χ4v) is 1.72. The number of aryl methyl sites for hydroxylation is 1. The van der Waals surface area contributed by atoms with Crippen molar-refractivity contribution in [3.05, 3.63) is 53.1 Å². The summed E-state index contributed by atoms with van der Waals surface area (Å²) < 4.78 is 0. The lowest BCUT2D eigenvalue weighted by Gasteiger charge is -2.14. The van der Waals surface area contributed by atoms with Gasteiger partial charge in [0.2, 0.25) is 0 Å². The van der Waals surface area contributed by atoms with Crippen molar-refractivity contribution in [3.8, 4) is 0 Å². The zero-order valence-corrected chi connectivity index (χ0v) is 10.6. The maximum Gasteiger partial charge on any atom is 0.0806 e. The van der Waals surface area contributed by atoms with E-state index in [4.69, 9.17) is 11.6 Å². The second kappa shape index (κ2) is 5.15. The monoisotopic (exact) mass is 247 g/mol. The molecule has 0 radical (unpaired) electrons. The number of nitrogens with zero attached hydrogens (tertiary/aromatic N) is 2. The molecule has 4 heteroatoms. The Hall–Kier alpha value is -1.61. The van der Waals surface area contributed by atoms with E-state index in [1.165, 1.54) is 0 Å². The van der Waals surface area contributed by atoms with Crippen LogP contribution in [-0.4, -0.2) is 9.97 Å². The third-order valence-corrected chi connectivity index (χ3v) is 2.99. The van der Waals surface area contributed by atoms with Gasteiger partial charge in [-0.3, -0.25) is 9.97 Å². The van der Waals surface area contributed by atoms with E-state index in [-0.39, 0.29) is 6.04 Å². The van der Waals surface area contributed by atoms with Gasteiger partial charge in [0.25, 0.3) is 0 Å². The molecule has 1 aromatic heterocycles. The topological polar surface area (TPSA) is 37.8 Å². The molecule has 0 aliphatic rings. The number of hydrogen-bond donors (Lipinski definition) is 1. The molecule has 0 aliphatic heterocycles. The van der Waals surface area contributed by atoms with Crippen molar-refractivity contribution in [2.45, 2.75) is 19.9 Å². The third-order valence-electron chi connectivity index (χ3n) is 2.58. The molecule has 3 nitrogen and oxygen atoms in total. The van der Waals surface area contributed by atoms with E-state index < -0.39 is 0 Å². The van der Waals surface area contributed by atoms with Crippen LogP contribution < -0.4 is 5.32 Å². The largest absolute Gasteiger partial charge is 0.377 e. The lowest BCUT2D eigenvalue weighted by molar-refractivity contribution is 0.827. The SMILES string of the molecule is Cc1ccc(NC(C)c2cnccn2)cc1Cl. The van der Waals surface area contributed by atoms with Crippen LogP contribution in [0.1, 0.15) is 24.2 Å².